The van der Waals surface area contributed by atoms with E-state index in [-0.39, 0.29) is 12.3 Å². The van der Waals surface area contributed by atoms with E-state index in [4.69, 9.17) is 9.84 Å². The number of benzene rings is 1. The van der Waals surface area contributed by atoms with Crippen LogP contribution in [0, 0.1) is 3.57 Å². The highest BCUT2D eigenvalue weighted by atomic mass is 127. The van der Waals surface area contributed by atoms with Crippen LogP contribution in [0.5, 0.6) is 5.75 Å². The second kappa shape index (κ2) is 5.81. The summed E-state index contributed by atoms with van der Waals surface area (Å²) < 4.78 is 6.59. The van der Waals surface area contributed by atoms with E-state index in [1.54, 1.807) is 12.1 Å². The van der Waals surface area contributed by atoms with Gasteiger partial charge in [0.25, 0.3) is 0 Å². The van der Waals surface area contributed by atoms with Crippen molar-refractivity contribution < 1.29 is 14.6 Å². The molecular formula is C13H10INO3. The molecule has 0 saturated carbocycles. The first kappa shape index (κ1) is 12.8. The summed E-state index contributed by atoms with van der Waals surface area (Å²) in [5.74, 6) is -0.310. The number of carboxylic acids is 1. The van der Waals surface area contributed by atoms with Crippen LogP contribution >= 0.6 is 22.6 Å². The molecule has 2 rings (SSSR count). The Kier molecular flexibility index (Phi) is 4.14. The minimum absolute atomic E-state index is 0.0310. The zero-order valence-corrected chi connectivity index (χ0v) is 11.5. The van der Waals surface area contributed by atoms with Gasteiger partial charge in [0, 0.05) is 11.8 Å². The number of para-hydroxylation sites is 1. The van der Waals surface area contributed by atoms with Crippen LogP contribution in [0.3, 0.4) is 0 Å². The molecule has 0 saturated heterocycles. The molecule has 18 heavy (non-hydrogen) atoms. The number of nitrogens with zero attached hydrogens (tertiary/aromatic N) is 1. The minimum atomic E-state index is -1.04. The second-order valence-electron chi connectivity index (χ2n) is 3.54. The predicted molar refractivity (Wildman–Crippen MR) is 74.7 cm³/mol. The van der Waals surface area contributed by atoms with Gasteiger partial charge in [0.05, 0.1) is 3.57 Å². The van der Waals surface area contributed by atoms with Gasteiger partial charge < -0.3 is 9.84 Å². The van der Waals surface area contributed by atoms with Gasteiger partial charge in [0.2, 0.25) is 0 Å². The molecule has 0 bridgehead atoms. The van der Waals surface area contributed by atoms with Gasteiger partial charge in [-0.2, -0.15) is 0 Å². The molecule has 0 aliphatic heterocycles. The van der Waals surface area contributed by atoms with Crippen LogP contribution in [0.15, 0.2) is 42.6 Å². The molecule has 1 aromatic heterocycles. The van der Waals surface area contributed by atoms with E-state index in [2.05, 4.69) is 27.6 Å². The Bertz CT molecular complexity index is 572. The van der Waals surface area contributed by atoms with Crippen molar-refractivity contribution in [3.8, 4) is 5.75 Å². The monoisotopic (exact) mass is 355 g/mol. The molecular weight excluding hydrogens is 345 g/mol. The van der Waals surface area contributed by atoms with Gasteiger partial charge in [-0.05, 0) is 40.8 Å². The van der Waals surface area contributed by atoms with Crippen molar-refractivity contribution in [3.05, 3.63) is 57.4 Å². The smallest absolute Gasteiger partial charge is 0.354 e. The van der Waals surface area contributed by atoms with Crippen LogP contribution in [0.2, 0.25) is 0 Å². The molecule has 0 unspecified atom stereocenters. The molecule has 4 nitrogen and oxygen atoms in total. The van der Waals surface area contributed by atoms with Crippen LogP contribution in [-0.2, 0) is 6.61 Å². The number of ether oxygens (including phenoxy) is 1. The third-order valence-electron chi connectivity index (χ3n) is 2.31. The normalized spacial score (nSPS) is 10.1. The number of pyridine rings is 1. The van der Waals surface area contributed by atoms with Gasteiger partial charge in [-0.25, -0.2) is 9.78 Å². The second-order valence-corrected chi connectivity index (χ2v) is 4.70. The lowest BCUT2D eigenvalue weighted by atomic mass is 10.2. The Morgan fingerprint density at radius 1 is 1.28 bits per heavy atom. The average Bonchev–Trinajstić information content (AvgIpc) is 2.38. The first-order valence-electron chi connectivity index (χ1n) is 5.23. The molecule has 0 aliphatic carbocycles. The van der Waals surface area contributed by atoms with E-state index in [0.29, 0.717) is 5.56 Å². The molecule has 92 valence electrons. The summed E-state index contributed by atoms with van der Waals surface area (Å²) in [4.78, 5) is 14.8. The number of carboxylic acid groups (broad SMARTS) is 1. The van der Waals surface area contributed by atoms with Crippen LogP contribution in [0.4, 0.5) is 0 Å². The van der Waals surface area contributed by atoms with Gasteiger partial charge in [0.15, 0.2) is 5.69 Å². The molecule has 0 radical (unpaired) electrons. The molecule has 1 aromatic carbocycles. The lowest BCUT2D eigenvalue weighted by molar-refractivity contribution is 0.0687. The van der Waals surface area contributed by atoms with Gasteiger partial charge in [-0.15, -0.1) is 0 Å². The fraction of sp³-hybridized carbons (Fsp3) is 0.0769. The van der Waals surface area contributed by atoms with Crippen LogP contribution in [-0.4, -0.2) is 16.1 Å². The van der Waals surface area contributed by atoms with E-state index >= 15 is 0 Å². The molecule has 0 fully saturated rings. The van der Waals surface area contributed by atoms with Crippen LogP contribution in [0.1, 0.15) is 16.1 Å². The van der Waals surface area contributed by atoms with Gasteiger partial charge in [0.1, 0.15) is 12.4 Å². The molecule has 1 heterocycles. The molecule has 1 N–H and O–H groups in total. The molecule has 0 amide bonds. The van der Waals surface area contributed by atoms with Gasteiger partial charge >= 0.3 is 5.97 Å². The number of aromatic nitrogens is 1. The van der Waals surface area contributed by atoms with Crippen LogP contribution in [0.25, 0.3) is 0 Å². The van der Waals surface area contributed by atoms with Gasteiger partial charge in [-0.1, -0.05) is 18.2 Å². The fourth-order valence-corrected chi connectivity index (χ4v) is 2.01. The van der Waals surface area contributed by atoms with E-state index < -0.39 is 5.97 Å². The Hall–Kier alpha value is -1.63. The number of halogens is 1. The number of aromatic carboxylic acids is 1. The SMILES string of the molecule is O=C(O)c1ncccc1COc1ccccc1I. The zero-order valence-electron chi connectivity index (χ0n) is 9.34. The first-order chi connectivity index (χ1) is 8.68. The Morgan fingerprint density at radius 2 is 2.06 bits per heavy atom. The summed E-state index contributed by atoms with van der Waals surface area (Å²) in [6.07, 6.45) is 1.46. The Balaban J connectivity index is 2.16. The lowest BCUT2D eigenvalue weighted by Gasteiger charge is -2.09. The summed E-state index contributed by atoms with van der Waals surface area (Å²) in [7, 11) is 0. The summed E-state index contributed by atoms with van der Waals surface area (Å²) in [5, 5.41) is 9.00. The number of rotatable bonds is 4. The van der Waals surface area contributed by atoms with Gasteiger partial charge in [-0.3, -0.25) is 0 Å². The molecule has 0 spiro atoms. The topological polar surface area (TPSA) is 59.4 Å². The van der Waals surface area contributed by atoms with E-state index in [0.717, 1.165) is 9.32 Å². The highest BCUT2D eigenvalue weighted by Gasteiger charge is 2.11. The quantitative estimate of drug-likeness (QED) is 0.857. The highest BCUT2D eigenvalue weighted by molar-refractivity contribution is 14.1. The highest BCUT2D eigenvalue weighted by Crippen LogP contribution is 2.21. The fourth-order valence-electron chi connectivity index (χ4n) is 1.46. The summed E-state index contributed by atoms with van der Waals surface area (Å²) >= 11 is 2.17. The third kappa shape index (κ3) is 2.98. The van der Waals surface area contributed by atoms with E-state index in [1.165, 1.54) is 6.20 Å². The first-order valence-corrected chi connectivity index (χ1v) is 6.31. The van der Waals surface area contributed by atoms with Crippen molar-refractivity contribution in [2.45, 2.75) is 6.61 Å². The largest absolute Gasteiger partial charge is 0.488 e. The molecule has 0 aliphatic rings. The lowest BCUT2D eigenvalue weighted by Crippen LogP contribution is -2.08. The maximum Gasteiger partial charge on any atom is 0.354 e. The predicted octanol–water partition coefficient (Wildman–Crippen LogP) is 2.96. The summed E-state index contributed by atoms with van der Waals surface area (Å²) in [6.45, 7) is 0.190. The molecule has 0 atom stereocenters. The molecule has 5 heteroatoms. The van der Waals surface area contributed by atoms with Crippen molar-refractivity contribution in [3.63, 3.8) is 0 Å². The summed E-state index contributed by atoms with van der Waals surface area (Å²) in [5.41, 5.74) is 0.591. The Labute approximate surface area is 118 Å². The third-order valence-corrected chi connectivity index (χ3v) is 3.20. The summed E-state index contributed by atoms with van der Waals surface area (Å²) in [6, 6.07) is 11.0. The van der Waals surface area contributed by atoms with Crippen molar-refractivity contribution in [1.29, 1.82) is 0 Å². The van der Waals surface area contributed by atoms with Crippen molar-refractivity contribution in [1.82, 2.24) is 4.98 Å². The average molecular weight is 355 g/mol. The molecule has 2 aromatic rings. The van der Waals surface area contributed by atoms with Crippen LogP contribution < -0.4 is 4.74 Å². The van der Waals surface area contributed by atoms with Crippen molar-refractivity contribution >= 4 is 28.6 Å². The van der Waals surface area contributed by atoms with E-state index in [1.807, 2.05) is 24.3 Å². The maximum absolute atomic E-state index is 11.0. The van der Waals surface area contributed by atoms with E-state index in [9.17, 15) is 4.79 Å². The maximum atomic E-state index is 11.0. The van der Waals surface area contributed by atoms with Crippen molar-refractivity contribution in [2.24, 2.45) is 0 Å². The number of hydrogen-bond donors (Lipinski definition) is 1. The Morgan fingerprint density at radius 3 is 2.78 bits per heavy atom. The zero-order chi connectivity index (χ0) is 13.0. The standard InChI is InChI=1S/C13H10INO3/c14-10-5-1-2-6-11(10)18-8-9-4-3-7-15-12(9)13(16)17/h1-7H,8H2,(H,16,17). The number of carbonyl (C=O) groups is 1. The number of hydrogen-bond acceptors (Lipinski definition) is 3. The minimum Gasteiger partial charge on any atom is -0.488 e. The van der Waals surface area contributed by atoms with Crippen molar-refractivity contribution in [2.75, 3.05) is 0 Å².